The van der Waals surface area contributed by atoms with Crippen LogP contribution in [0.1, 0.15) is 30.2 Å². The zero-order chi connectivity index (χ0) is 47.5. The van der Waals surface area contributed by atoms with Gasteiger partial charge in [0.25, 0.3) is 0 Å². The van der Waals surface area contributed by atoms with Crippen molar-refractivity contribution < 1.29 is 34.6 Å². The van der Waals surface area contributed by atoms with Crippen LogP contribution in [-0.4, -0.2) is 0 Å². The van der Waals surface area contributed by atoms with Gasteiger partial charge >= 0.3 is 0 Å². The van der Waals surface area contributed by atoms with Crippen LogP contribution in [0.15, 0.2) is 162 Å². The second-order valence-corrected chi connectivity index (χ2v) is 9.55. The molecule has 1 aromatic heterocycles. The number of hydrogen-bond acceptors (Lipinski definition) is 1. The maximum absolute atomic E-state index is 9.67. The second kappa shape index (κ2) is 9.44. The van der Waals surface area contributed by atoms with Gasteiger partial charge in [0, 0.05) is 10.8 Å². The maximum atomic E-state index is 9.67. The van der Waals surface area contributed by atoms with E-state index < -0.39 is 199 Å². The smallest absolute Gasteiger partial charge is 0.135 e. The Bertz CT molecular complexity index is 3630. The highest BCUT2D eigenvalue weighted by molar-refractivity contribution is 6.24. The number of furan rings is 1. The molecule has 0 atom stereocenters. The van der Waals surface area contributed by atoms with E-state index in [1.807, 2.05) is 0 Å². The largest absolute Gasteiger partial charge is 0.456 e. The molecule has 1 heterocycles. The monoisotopic (exact) mass is 568 g/mol. The lowest BCUT2D eigenvalue weighted by atomic mass is 9.83. The van der Waals surface area contributed by atoms with E-state index in [9.17, 15) is 12.3 Å². The summed E-state index contributed by atoms with van der Waals surface area (Å²) < 4.78 is 204. The fraction of sp³-hybridized carbons (Fsp3) is 0. The quantitative estimate of drug-likeness (QED) is 0.193. The molecule has 0 bridgehead atoms. The molecule has 0 aliphatic rings. The normalized spacial score (nSPS) is 18.9. The van der Waals surface area contributed by atoms with E-state index >= 15 is 0 Å². The lowest BCUT2D eigenvalue weighted by Crippen LogP contribution is -1.92. The molecule has 0 saturated heterocycles. The zero-order valence-corrected chi connectivity index (χ0v) is 21.7. The van der Waals surface area contributed by atoms with Crippen molar-refractivity contribution in [1.82, 2.24) is 0 Å². The topological polar surface area (TPSA) is 13.1 Å². The molecule has 9 rings (SSSR count). The highest BCUT2D eigenvalue weighted by Crippen LogP contribution is 2.47. The Labute approximate surface area is 280 Å². The van der Waals surface area contributed by atoms with Gasteiger partial charge in [0.2, 0.25) is 0 Å². The van der Waals surface area contributed by atoms with Gasteiger partial charge in [-0.15, -0.1) is 0 Å². The van der Waals surface area contributed by atoms with Gasteiger partial charge in [-0.05, 0) is 83.8 Å². The van der Waals surface area contributed by atoms with Crippen LogP contribution in [0, 0.1) is 0 Å². The van der Waals surface area contributed by atoms with Crippen LogP contribution in [0.5, 0.6) is 0 Å². The van der Waals surface area contributed by atoms with Crippen LogP contribution < -0.4 is 0 Å². The SMILES string of the molecule is [2H]c1c([2H])c([2H])c(-c2c([2H])c([2H])c(-c3c4c([2H])c([2H])c([2H])c([2H])c4c(-c4c([2H])c([2H])c5oc6ccccc6c5c4[2H])c4c([2H])c([2H])c([2H])c([2H])c34)c3c([2H])c([2H])c([2H])c([2H])c23)c([2H])c1[2H]. The molecule has 200 valence electrons. The van der Waals surface area contributed by atoms with Crippen molar-refractivity contribution in [2.24, 2.45) is 0 Å². The van der Waals surface area contributed by atoms with Gasteiger partial charge in [0.05, 0.1) is 30.2 Å². The van der Waals surface area contributed by atoms with E-state index in [2.05, 4.69) is 0 Å². The summed E-state index contributed by atoms with van der Waals surface area (Å²) >= 11 is 0. The third-order valence-electron chi connectivity index (χ3n) is 7.27. The summed E-state index contributed by atoms with van der Waals surface area (Å²) in [5, 5.41) is -3.41. The van der Waals surface area contributed by atoms with Gasteiger partial charge < -0.3 is 4.42 Å². The van der Waals surface area contributed by atoms with Gasteiger partial charge in [0.1, 0.15) is 11.2 Å². The molecule has 9 aromatic rings. The van der Waals surface area contributed by atoms with Crippen LogP contribution in [0.2, 0.25) is 0 Å². The first-order valence-electron chi connectivity index (χ1n) is 24.0. The number of rotatable bonds is 3. The summed E-state index contributed by atoms with van der Waals surface area (Å²) in [5.41, 5.74) is -3.70. The summed E-state index contributed by atoms with van der Waals surface area (Å²) in [5.74, 6) is 0. The van der Waals surface area contributed by atoms with Gasteiger partial charge in [-0.25, -0.2) is 0 Å². The van der Waals surface area contributed by atoms with Crippen molar-refractivity contribution in [3.8, 4) is 33.4 Å². The van der Waals surface area contributed by atoms with Gasteiger partial charge in [-0.3, -0.25) is 0 Å². The molecule has 1 heteroatoms. The first-order valence-corrected chi connectivity index (χ1v) is 13.0. The molecule has 0 N–H and O–H groups in total. The van der Waals surface area contributed by atoms with Crippen LogP contribution in [0.25, 0.3) is 87.6 Å². The molecule has 43 heavy (non-hydrogen) atoms. The highest BCUT2D eigenvalue weighted by Gasteiger charge is 2.19. The molecule has 0 unspecified atom stereocenters. The third kappa shape index (κ3) is 3.65. The number of benzene rings is 8. The molecule has 0 saturated carbocycles. The Hall–Kier alpha value is -5.66. The highest BCUT2D eigenvalue weighted by atomic mass is 16.3. The molecule has 0 radical (unpaired) electrons. The lowest BCUT2D eigenvalue weighted by molar-refractivity contribution is 0.669. The van der Waals surface area contributed by atoms with E-state index in [4.69, 9.17) is 22.2 Å². The van der Waals surface area contributed by atoms with Crippen LogP contribution in [-0.2, 0) is 0 Å². The first kappa shape index (κ1) is 10.9. The van der Waals surface area contributed by atoms with Gasteiger partial charge in [0.15, 0.2) is 0 Å². The molecular formula is C42H26O. The molecule has 8 aromatic carbocycles. The van der Waals surface area contributed by atoms with Crippen molar-refractivity contribution in [2.45, 2.75) is 0 Å². The summed E-state index contributed by atoms with van der Waals surface area (Å²) in [7, 11) is 0. The van der Waals surface area contributed by atoms with E-state index in [1.165, 1.54) is 0 Å². The molecule has 0 amide bonds. The van der Waals surface area contributed by atoms with Crippen molar-refractivity contribution in [2.75, 3.05) is 0 Å². The minimum absolute atomic E-state index is 0.00108. The third-order valence-corrected chi connectivity index (χ3v) is 7.27. The lowest BCUT2D eigenvalue weighted by Gasteiger charge is -2.19. The van der Waals surface area contributed by atoms with E-state index in [0.29, 0.717) is 5.39 Å². The van der Waals surface area contributed by atoms with Gasteiger partial charge in [-0.1, -0.05) is 139 Å². The Morgan fingerprint density at radius 2 is 0.930 bits per heavy atom. The van der Waals surface area contributed by atoms with E-state index in [-0.39, 0.29) is 16.6 Å². The predicted molar refractivity (Wildman–Crippen MR) is 183 cm³/mol. The number of fused-ring (bicyclic) bond motifs is 6. The number of hydrogen-bond donors (Lipinski definition) is 0. The van der Waals surface area contributed by atoms with Crippen molar-refractivity contribution in [3.63, 3.8) is 0 Å². The first-order chi connectivity index (χ1) is 30.5. The second-order valence-electron chi connectivity index (χ2n) is 9.55. The van der Waals surface area contributed by atoms with Gasteiger partial charge in [-0.2, -0.15) is 0 Å². The zero-order valence-electron chi connectivity index (χ0n) is 43.7. The minimum Gasteiger partial charge on any atom is -0.456 e. The Morgan fingerprint density at radius 3 is 1.63 bits per heavy atom. The summed E-state index contributed by atoms with van der Waals surface area (Å²) in [6.45, 7) is 0. The van der Waals surface area contributed by atoms with E-state index in [0.717, 1.165) is 0 Å². The Balaban J connectivity index is 1.65. The summed E-state index contributed by atoms with van der Waals surface area (Å²) in [6, 6.07) is -12.5. The van der Waals surface area contributed by atoms with Crippen LogP contribution >= 0.6 is 0 Å². The average Bonchev–Trinajstić information content (AvgIpc) is 3.69. The molecule has 0 fully saturated rings. The Kier molecular flexibility index (Phi) is 2.39. The molecule has 0 spiro atoms. The van der Waals surface area contributed by atoms with Crippen LogP contribution in [0.4, 0.5) is 0 Å². The summed E-state index contributed by atoms with van der Waals surface area (Å²) in [6.07, 6.45) is 0. The van der Waals surface area contributed by atoms with Crippen LogP contribution in [0.3, 0.4) is 0 Å². The van der Waals surface area contributed by atoms with E-state index in [1.54, 1.807) is 24.3 Å². The molecule has 1 nitrogen and oxygen atoms in total. The average molecular weight is 569 g/mol. The fourth-order valence-electron chi connectivity index (χ4n) is 5.47. The van der Waals surface area contributed by atoms with Crippen molar-refractivity contribution >= 4 is 54.3 Å². The fourth-order valence-corrected chi connectivity index (χ4v) is 5.47. The standard InChI is InChI=1S/C42H26O/c1-2-12-27(13-3-1)29-23-24-37(31-15-5-4-14-30(29)31)42-35-19-8-6-17-33(35)41(34-18-7-9-20-36(34)42)28-22-25-40-38(26-28)32-16-10-11-21-39(32)43-40/h1-26H/i1D,2D,3D,4D,5D,6D,7D,8D,9D,12D,13D,14D,15D,17D,18D,19D,20D,22D,23D,24D,25D,26D. The maximum Gasteiger partial charge on any atom is 0.135 e. The Morgan fingerprint density at radius 1 is 0.372 bits per heavy atom. The minimum atomic E-state index is -0.999. The van der Waals surface area contributed by atoms with Crippen molar-refractivity contribution in [3.05, 3.63) is 157 Å². The number of para-hydroxylation sites is 1. The van der Waals surface area contributed by atoms with Crippen molar-refractivity contribution in [1.29, 1.82) is 0 Å². The summed E-state index contributed by atoms with van der Waals surface area (Å²) in [4.78, 5) is 0. The predicted octanol–water partition coefficient (Wildman–Crippen LogP) is 12.0. The molecule has 0 aliphatic heterocycles. The molecule has 0 aliphatic carbocycles. The molecular weight excluding hydrogens is 520 g/mol.